The molecule has 0 spiro atoms. The molecule has 2 rings (SSSR count). The van der Waals surface area contributed by atoms with Crippen LogP contribution in [0.2, 0.25) is 0 Å². The van der Waals surface area contributed by atoms with Gasteiger partial charge in [-0.1, -0.05) is 13.0 Å². The number of piperidine rings is 1. The van der Waals surface area contributed by atoms with E-state index in [1.165, 1.54) is 6.42 Å². The Morgan fingerprint density at radius 2 is 2.37 bits per heavy atom. The van der Waals surface area contributed by atoms with E-state index in [1.807, 2.05) is 30.1 Å². The Balaban J connectivity index is 1.85. The van der Waals surface area contributed by atoms with Crippen molar-refractivity contribution in [3.05, 3.63) is 30.1 Å². The first-order valence-corrected chi connectivity index (χ1v) is 7.07. The lowest BCUT2D eigenvalue weighted by Crippen LogP contribution is -2.51. The Hall–Kier alpha value is -1.42. The first-order chi connectivity index (χ1) is 9.18. The van der Waals surface area contributed by atoms with Gasteiger partial charge in [-0.15, -0.1) is 0 Å². The van der Waals surface area contributed by atoms with E-state index >= 15 is 0 Å². The van der Waals surface area contributed by atoms with E-state index in [0.29, 0.717) is 5.92 Å². The van der Waals surface area contributed by atoms with Gasteiger partial charge < -0.3 is 10.2 Å². The Bertz CT molecular complexity index is 407. The van der Waals surface area contributed by atoms with Crippen molar-refractivity contribution in [3.63, 3.8) is 0 Å². The standard InChI is InChI=1S/C15H23N3O/c1-12-6-5-10-17-14(12)15(19)18(2)11-8-13-7-3-4-9-16-13/h3-4,7,9,12,14,17H,5-6,8,10-11H2,1-2H3. The van der Waals surface area contributed by atoms with Crippen molar-refractivity contribution in [1.29, 1.82) is 0 Å². The third-order valence-electron chi connectivity index (χ3n) is 3.84. The van der Waals surface area contributed by atoms with Crippen LogP contribution in [-0.4, -0.2) is 42.0 Å². The van der Waals surface area contributed by atoms with Crippen LogP contribution in [-0.2, 0) is 11.2 Å². The highest BCUT2D eigenvalue weighted by molar-refractivity contribution is 5.82. The van der Waals surface area contributed by atoms with Crippen molar-refractivity contribution < 1.29 is 4.79 Å². The third-order valence-corrected chi connectivity index (χ3v) is 3.84. The first-order valence-electron chi connectivity index (χ1n) is 7.07. The first kappa shape index (κ1) is 14.0. The molecule has 1 aliphatic rings. The molecule has 0 aliphatic carbocycles. The van der Waals surface area contributed by atoms with Gasteiger partial charge in [0.05, 0.1) is 6.04 Å². The molecule has 1 amide bonds. The number of carbonyl (C=O) groups excluding carboxylic acids is 1. The van der Waals surface area contributed by atoms with Crippen molar-refractivity contribution in [2.24, 2.45) is 5.92 Å². The van der Waals surface area contributed by atoms with Crippen LogP contribution in [0.1, 0.15) is 25.5 Å². The quantitative estimate of drug-likeness (QED) is 0.892. The second-order valence-corrected chi connectivity index (χ2v) is 5.38. The molecular formula is C15H23N3O. The van der Waals surface area contributed by atoms with Crippen LogP contribution in [0.15, 0.2) is 24.4 Å². The Kier molecular flexibility index (Phi) is 4.91. The number of likely N-dealkylation sites (N-methyl/N-ethyl adjacent to an activating group) is 1. The lowest BCUT2D eigenvalue weighted by Gasteiger charge is -2.32. The summed E-state index contributed by atoms with van der Waals surface area (Å²) in [4.78, 5) is 18.5. The van der Waals surface area contributed by atoms with Gasteiger partial charge in [0, 0.05) is 31.9 Å². The predicted molar refractivity (Wildman–Crippen MR) is 75.8 cm³/mol. The summed E-state index contributed by atoms with van der Waals surface area (Å²) >= 11 is 0. The molecular weight excluding hydrogens is 238 g/mol. The van der Waals surface area contributed by atoms with Gasteiger partial charge in [-0.25, -0.2) is 0 Å². The maximum Gasteiger partial charge on any atom is 0.239 e. The minimum Gasteiger partial charge on any atom is -0.344 e. The Morgan fingerprint density at radius 1 is 1.53 bits per heavy atom. The number of aromatic nitrogens is 1. The minimum absolute atomic E-state index is 0.0116. The highest BCUT2D eigenvalue weighted by atomic mass is 16.2. The van der Waals surface area contributed by atoms with E-state index in [4.69, 9.17) is 0 Å². The van der Waals surface area contributed by atoms with Crippen LogP contribution in [0.5, 0.6) is 0 Å². The summed E-state index contributed by atoms with van der Waals surface area (Å²) in [6.45, 7) is 3.83. The smallest absolute Gasteiger partial charge is 0.239 e. The van der Waals surface area contributed by atoms with Gasteiger partial charge in [0.15, 0.2) is 0 Å². The van der Waals surface area contributed by atoms with Crippen LogP contribution >= 0.6 is 0 Å². The molecule has 0 aromatic carbocycles. The Labute approximate surface area is 115 Å². The third kappa shape index (κ3) is 3.77. The lowest BCUT2D eigenvalue weighted by atomic mass is 9.92. The number of pyridine rings is 1. The molecule has 0 bridgehead atoms. The molecule has 1 fully saturated rings. The Morgan fingerprint density at radius 3 is 3.05 bits per heavy atom. The van der Waals surface area contributed by atoms with Crippen molar-refractivity contribution in [2.45, 2.75) is 32.2 Å². The molecule has 4 heteroatoms. The van der Waals surface area contributed by atoms with Crippen LogP contribution in [0.25, 0.3) is 0 Å². The van der Waals surface area contributed by atoms with Gasteiger partial charge in [-0.2, -0.15) is 0 Å². The molecule has 2 atom stereocenters. The molecule has 1 N–H and O–H groups in total. The van der Waals surface area contributed by atoms with E-state index in [-0.39, 0.29) is 11.9 Å². The topological polar surface area (TPSA) is 45.2 Å². The highest BCUT2D eigenvalue weighted by Gasteiger charge is 2.29. The molecule has 19 heavy (non-hydrogen) atoms. The monoisotopic (exact) mass is 261 g/mol. The summed E-state index contributed by atoms with van der Waals surface area (Å²) < 4.78 is 0. The lowest BCUT2D eigenvalue weighted by molar-refractivity contribution is -0.133. The molecule has 104 valence electrons. The zero-order valence-corrected chi connectivity index (χ0v) is 11.8. The minimum atomic E-state index is -0.0116. The fourth-order valence-electron chi connectivity index (χ4n) is 2.56. The normalized spacial score (nSPS) is 23.1. The SMILES string of the molecule is CC1CCCNC1C(=O)N(C)CCc1ccccn1. The van der Waals surface area contributed by atoms with E-state index in [0.717, 1.165) is 31.6 Å². The van der Waals surface area contributed by atoms with Gasteiger partial charge in [0.1, 0.15) is 0 Å². The van der Waals surface area contributed by atoms with E-state index in [1.54, 1.807) is 6.20 Å². The molecule has 4 nitrogen and oxygen atoms in total. The zero-order valence-electron chi connectivity index (χ0n) is 11.8. The maximum absolute atomic E-state index is 12.4. The van der Waals surface area contributed by atoms with Gasteiger partial charge in [-0.3, -0.25) is 9.78 Å². The van der Waals surface area contributed by atoms with E-state index in [9.17, 15) is 4.79 Å². The number of hydrogen-bond acceptors (Lipinski definition) is 3. The molecule has 0 saturated carbocycles. The largest absolute Gasteiger partial charge is 0.344 e. The average molecular weight is 261 g/mol. The summed E-state index contributed by atoms with van der Waals surface area (Å²) in [5.74, 6) is 0.640. The second kappa shape index (κ2) is 6.66. The van der Waals surface area contributed by atoms with Crippen molar-refractivity contribution in [1.82, 2.24) is 15.2 Å². The molecule has 0 radical (unpaired) electrons. The molecule has 1 aliphatic heterocycles. The number of hydrogen-bond donors (Lipinski definition) is 1. The average Bonchev–Trinajstić information content (AvgIpc) is 2.45. The van der Waals surface area contributed by atoms with Crippen LogP contribution < -0.4 is 5.32 Å². The molecule has 1 saturated heterocycles. The van der Waals surface area contributed by atoms with Crippen LogP contribution in [0.4, 0.5) is 0 Å². The number of nitrogens with one attached hydrogen (secondary N) is 1. The molecule has 1 aromatic heterocycles. The molecule has 1 aromatic rings. The van der Waals surface area contributed by atoms with Gasteiger partial charge in [-0.05, 0) is 37.4 Å². The second-order valence-electron chi connectivity index (χ2n) is 5.38. The summed E-state index contributed by atoms with van der Waals surface area (Å²) in [5.41, 5.74) is 1.03. The van der Waals surface area contributed by atoms with Crippen molar-refractivity contribution >= 4 is 5.91 Å². The fraction of sp³-hybridized carbons (Fsp3) is 0.600. The van der Waals surface area contributed by atoms with Gasteiger partial charge in [0.2, 0.25) is 5.91 Å². The van der Waals surface area contributed by atoms with Crippen LogP contribution in [0, 0.1) is 5.92 Å². The summed E-state index contributed by atoms with van der Waals surface area (Å²) in [6, 6.07) is 5.88. The molecule has 2 heterocycles. The van der Waals surface area contributed by atoms with Crippen molar-refractivity contribution in [3.8, 4) is 0 Å². The molecule has 2 unspecified atom stereocenters. The number of amides is 1. The zero-order chi connectivity index (χ0) is 13.7. The highest BCUT2D eigenvalue weighted by Crippen LogP contribution is 2.17. The van der Waals surface area contributed by atoms with E-state index < -0.39 is 0 Å². The number of carbonyl (C=O) groups is 1. The summed E-state index contributed by atoms with van der Waals surface area (Å²) in [7, 11) is 1.88. The van der Waals surface area contributed by atoms with Gasteiger partial charge >= 0.3 is 0 Å². The summed E-state index contributed by atoms with van der Waals surface area (Å²) in [5, 5.41) is 3.34. The maximum atomic E-state index is 12.4. The fourth-order valence-corrected chi connectivity index (χ4v) is 2.56. The number of rotatable bonds is 4. The van der Waals surface area contributed by atoms with Crippen molar-refractivity contribution in [2.75, 3.05) is 20.1 Å². The number of nitrogens with zero attached hydrogens (tertiary/aromatic N) is 2. The summed E-state index contributed by atoms with van der Waals surface area (Å²) in [6.07, 6.45) is 4.91. The van der Waals surface area contributed by atoms with Crippen LogP contribution in [0.3, 0.4) is 0 Å². The predicted octanol–water partition coefficient (Wildman–Crippen LogP) is 1.47. The van der Waals surface area contributed by atoms with Gasteiger partial charge in [0.25, 0.3) is 0 Å². The van der Waals surface area contributed by atoms with E-state index in [2.05, 4.69) is 17.2 Å².